The Bertz CT molecular complexity index is 648. The molecule has 2 aromatic rings. The van der Waals surface area contributed by atoms with Gasteiger partial charge in [0.1, 0.15) is 11.5 Å². The first-order valence-corrected chi connectivity index (χ1v) is 6.69. The Labute approximate surface area is 126 Å². The number of nitrogens with zero attached hydrogens (tertiary/aromatic N) is 1. The van der Waals surface area contributed by atoms with Crippen LogP contribution in [-0.4, -0.2) is 35.3 Å². The molecular weight excluding hydrogens is 288 g/mol. The van der Waals surface area contributed by atoms with Gasteiger partial charge in [-0.15, -0.1) is 0 Å². The van der Waals surface area contributed by atoms with Crippen LogP contribution in [0.5, 0.6) is 5.75 Å². The second-order valence-corrected chi connectivity index (χ2v) is 4.66. The second kappa shape index (κ2) is 7.26. The number of aliphatic carboxylic acids is 1. The molecule has 0 aliphatic carbocycles. The van der Waals surface area contributed by atoms with Gasteiger partial charge in [-0.3, -0.25) is 4.79 Å². The number of aromatic nitrogens is 1. The number of carboxylic acids is 1. The van der Waals surface area contributed by atoms with Gasteiger partial charge >= 0.3 is 5.97 Å². The normalized spacial score (nSPS) is 10.2. The summed E-state index contributed by atoms with van der Waals surface area (Å²) in [6.45, 7) is 1.81. The lowest BCUT2D eigenvalue weighted by molar-refractivity contribution is -0.139. The molecule has 0 atom stereocenters. The minimum absolute atomic E-state index is 0.259. The van der Waals surface area contributed by atoms with Crippen LogP contribution in [0.15, 0.2) is 34.9 Å². The summed E-state index contributed by atoms with van der Waals surface area (Å²) >= 11 is 0. The molecule has 2 rings (SSSR count). The topological polar surface area (TPSA) is 102 Å². The van der Waals surface area contributed by atoms with Gasteiger partial charge in [-0.1, -0.05) is 17.3 Å². The number of rotatable bonds is 7. The van der Waals surface area contributed by atoms with Crippen molar-refractivity contribution in [3.8, 4) is 5.75 Å². The summed E-state index contributed by atoms with van der Waals surface area (Å²) in [6.07, 6.45) is 0.641. The first-order valence-electron chi connectivity index (χ1n) is 6.69. The molecule has 116 valence electrons. The minimum atomic E-state index is -1.02. The van der Waals surface area contributed by atoms with E-state index in [0.717, 1.165) is 5.56 Å². The van der Waals surface area contributed by atoms with Crippen molar-refractivity contribution in [2.24, 2.45) is 0 Å². The van der Waals surface area contributed by atoms with Crippen LogP contribution in [0.25, 0.3) is 0 Å². The largest absolute Gasteiger partial charge is 0.482 e. The van der Waals surface area contributed by atoms with Crippen LogP contribution in [0.4, 0.5) is 0 Å². The summed E-state index contributed by atoms with van der Waals surface area (Å²) in [4.78, 5) is 22.1. The van der Waals surface area contributed by atoms with Crippen LogP contribution in [0.3, 0.4) is 0 Å². The average Bonchev–Trinajstić information content (AvgIpc) is 2.93. The standard InChI is InChI=1S/C15H16N2O5/c1-10-8-13(17-22-10)15(20)16-7-6-11-2-4-12(5-3-11)21-9-14(18)19/h2-5,8H,6-7,9H2,1H3,(H,16,20)(H,18,19). The van der Waals surface area contributed by atoms with E-state index in [1.54, 1.807) is 25.1 Å². The maximum atomic E-state index is 11.7. The number of amides is 1. The van der Waals surface area contributed by atoms with Crippen LogP contribution < -0.4 is 10.1 Å². The van der Waals surface area contributed by atoms with Crippen molar-refractivity contribution in [1.29, 1.82) is 0 Å². The average molecular weight is 304 g/mol. The van der Waals surface area contributed by atoms with Gasteiger partial charge in [0.15, 0.2) is 12.3 Å². The van der Waals surface area contributed by atoms with Crippen LogP contribution in [0, 0.1) is 6.92 Å². The summed E-state index contributed by atoms with van der Waals surface area (Å²) < 4.78 is 9.87. The number of hydrogen-bond acceptors (Lipinski definition) is 5. The predicted octanol–water partition coefficient (Wildman–Crippen LogP) is 1.42. The zero-order chi connectivity index (χ0) is 15.9. The first-order chi connectivity index (χ1) is 10.5. The Morgan fingerprint density at radius 2 is 2.05 bits per heavy atom. The van der Waals surface area contributed by atoms with Crippen LogP contribution in [0.1, 0.15) is 21.8 Å². The fourth-order valence-corrected chi connectivity index (χ4v) is 1.78. The lowest BCUT2D eigenvalue weighted by Crippen LogP contribution is -2.25. The van der Waals surface area contributed by atoms with E-state index in [-0.39, 0.29) is 18.2 Å². The number of nitrogens with one attached hydrogen (secondary N) is 1. The van der Waals surface area contributed by atoms with Gasteiger partial charge in [-0.2, -0.15) is 0 Å². The van der Waals surface area contributed by atoms with E-state index in [4.69, 9.17) is 14.4 Å². The molecular formula is C15H16N2O5. The molecule has 0 saturated carbocycles. The van der Waals surface area contributed by atoms with Crippen molar-refractivity contribution in [2.75, 3.05) is 13.2 Å². The van der Waals surface area contributed by atoms with E-state index >= 15 is 0 Å². The van der Waals surface area contributed by atoms with Gasteiger partial charge in [0.25, 0.3) is 5.91 Å². The third kappa shape index (κ3) is 4.62. The maximum Gasteiger partial charge on any atom is 0.341 e. The number of carbonyl (C=O) groups excluding carboxylic acids is 1. The van der Waals surface area contributed by atoms with Crippen LogP contribution >= 0.6 is 0 Å². The smallest absolute Gasteiger partial charge is 0.341 e. The van der Waals surface area contributed by atoms with Gasteiger partial charge in [0, 0.05) is 12.6 Å². The Hall–Kier alpha value is -2.83. The van der Waals surface area contributed by atoms with E-state index in [9.17, 15) is 9.59 Å². The summed E-state index contributed by atoms with van der Waals surface area (Å²) in [5, 5.41) is 14.9. The van der Waals surface area contributed by atoms with Gasteiger partial charge in [-0.05, 0) is 31.0 Å². The molecule has 0 spiro atoms. The molecule has 1 aromatic carbocycles. The van der Waals surface area contributed by atoms with Crippen LogP contribution in [-0.2, 0) is 11.2 Å². The fourth-order valence-electron chi connectivity index (χ4n) is 1.78. The Balaban J connectivity index is 1.77. The Morgan fingerprint density at radius 1 is 1.32 bits per heavy atom. The molecule has 0 unspecified atom stereocenters. The molecule has 22 heavy (non-hydrogen) atoms. The summed E-state index contributed by atoms with van der Waals surface area (Å²) in [5.74, 6) is -0.219. The van der Waals surface area contributed by atoms with Crippen molar-refractivity contribution in [3.63, 3.8) is 0 Å². The minimum Gasteiger partial charge on any atom is -0.482 e. The van der Waals surface area contributed by atoms with Crippen molar-refractivity contribution in [3.05, 3.63) is 47.3 Å². The SMILES string of the molecule is Cc1cc(C(=O)NCCc2ccc(OCC(=O)O)cc2)no1. The molecule has 2 N–H and O–H groups in total. The molecule has 7 heteroatoms. The third-order valence-corrected chi connectivity index (χ3v) is 2.85. The highest BCUT2D eigenvalue weighted by Gasteiger charge is 2.09. The van der Waals surface area contributed by atoms with Gasteiger partial charge in [-0.25, -0.2) is 4.79 Å². The number of ether oxygens (including phenoxy) is 1. The number of benzene rings is 1. The Morgan fingerprint density at radius 3 is 2.64 bits per heavy atom. The molecule has 0 aliphatic heterocycles. The maximum absolute atomic E-state index is 11.7. The highest BCUT2D eigenvalue weighted by atomic mass is 16.5. The van der Waals surface area contributed by atoms with Crippen LogP contribution in [0.2, 0.25) is 0 Å². The molecule has 0 aliphatic rings. The van der Waals surface area contributed by atoms with Crippen molar-refractivity contribution < 1.29 is 24.0 Å². The third-order valence-electron chi connectivity index (χ3n) is 2.85. The quantitative estimate of drug-likeness (QED) is 0.802. The molecule has 1 aromatic heterocycles. The van der Waals surface area contributed by atoms with E-state index in [1.807, 2.05) is 12.1 Å². The van der Waals surface area contributed by atoms with Gasteiger partial charge < -0.3 is 19.7 Å². The van der Waals surface area contributed by atoms with Gasteiger partial charge in [0.2, 0.25) is 0 Å². The molecule has 1 heterocycles. The van der Waals surface area contributed by atoms with Crippen molar-refractivity contribution in [1.82, 2.24) is 10.5 Å². The lowest BCUT2D eigenvalue weighted by Gasteiger charge is -2.06. The zero-order valence-corrected chi connectivity index (χ0v) is 12.0. The van der Waals surface area contributed by atoms with E-state index in [0.29, 0.717) is 24.5 Å². The number of carboxylic acid groups (broad SMARTS) is 1. The van der Waals surface area contributed by atoms with Gasteiger partial charge in [0.05, 0.1) is 0 Å². The first kappa shape index (κ1) is 15.6. The molecule has 1 amide bonds. The molecule has 0 bridgehead atoms. The summed E-state index contributed by atoms with van der Waals surface area (Å²) in [6, 6.07) is 8.61. The fraction of sp³-hybridized carbons (Fsp3) is 0.267. The molecule has 7 nitrogen and oxygen atoms in total. The highest BCUT2D eigenvalue weighted by Crippen LogP contribution is 2.12. The van der Waals surface area contributed by atoms with Crippen molar-refractivity contribution >= 4 is 11.9 Å². The van der Waals surface area contributed by atoms with Crippen molar-refractivity contribution in [2.45, 2.75) is 13.3 Å². The molecule has 0 saturated heterocycles. The van der Waals surface area contributed by atoms with E-state index < -0.39 is 5.97 Å². The zero-order valence-electron chi connectivity index (χ0n) is 12.0. The summed E-state index contributed by atoms with van der Waals surface area (Å²) in [7, 11) is 0. The lowest BCUT2D eigenvalue weighted by atomic mass is 10.1. The number of aryl methyl sites for hydroxylation is 1. The second-order valence-electron chi connectivity index (χ2n) is 4.66. The molecule has 0 radical (unpaired) electrons. The highest BCUT2D eigenvalue weighted by molar-refractivity contribution is 5.92. The number of carbonyl (C=O) groups is 2. The Kier molecular flexibility index (Phi) is 5.13. The van der Waals surface area contributed by atoms with E-state index in [2.05, 4.69) is 10.5 Å². The molecule has 0 fully saturated rings. The monoisotopic (exact) mass is 304 g/mol. The number of hydrogen-bond donors (Lipinski definition) is 2. The van der Waals surface area contributed by atoms with E-state index in [1.165, 1.54) is 0 Å². The summed E-state index contributed by atoms with van der Waals surface area (Å²) in [5.41, 5.74) is 1.26. The predicted molar refractivity (Wildman–Crippen MR) is 76.9 cm³/mol.